The Hall–Kier alpha value is -0.570. The summed E-state index contributed by atoms with van der Waals surface area (Å²) in [4.78, 5) is 11.3. The van der Waals surface area contributed by atoms with Crippen molar-refractivity contribution in [1.29, 1.82) is 0 Å². The number of nitrogens with one attached hydrogen (secondary N) is 2. The fourth-order valence-electron chi connectivity index (χ4n) is 2.39. The van der Waals surface area contributed by atoms with E-state index < -0.39 is 0 Å². The van der Waals surface area contributed by atoms with Crippen LogP contribution in [0.25, 0.3) is 0 Å². The molecule has 0 aromatic heterocycles. The summed E-state index contributed by atoms with van der Waals surface area (Å²) in [6.07, 6.45) is 8.44. The minimum absolute atomic E-state index is 0.0947. The number of hydrogen-bond donors (Lipinski definition) is 2. The molecule has 0 heterocycles. The molecule has 0 bridgehead atoms. The lowest BCUT2D eigenvalue weighted by atomic mass is 9.87. The topological polar surface area (TPSA) is 41.1 Å². The highest BCUT2D eigenvalue weighted by atomic mass is 16.1. The van der Waals surface area contributed by atoms with Gasteiger partial charge < -0.3 is 10.6 Å². The lowest BCUT2D eigenvalue weighted by Gasteiger charge is -2.21. The number of carbonyl (C=O) groups excluding carboxylic acids is 1. The quantitative estimate of drug-likeness (QED) is 0.671. The van der Waals surface area contributed by atoms with Crippen LogP contribution in [0.5, 0.6) is 0 Å². The summed E-state index contributed by atoms with van der Waals surface area (Å²) in [5.74, 6) is 1.19. The lowest BCUT2D eigenvalue weighted by molar-refractivity contribution is -0.123. The largest absolute Gasteiger partial charge is 0.355 e. The molecule has 1 aliphatic carbocycles. The van der Waals surface area contributed by atoms with Crippen LogP contribution in [0.2, 0.25) is 0 Å². The van der Waals surface area contributed by atoms with E-state index in [-0.39, 0.29) is 11.8 Å². The zero-order valence-electron chi connectivity index (χ0n) is 11.4. The average molecular weight is 240 g/mol. The van der Waals surface area contributed by atoms with Crippen molar-refractivity contribution in [3.63, 3.8) is 0 Å². The van der Waals surface area contributed by atoms with Crippen LogP contribution >= 0.6 is 0 Å². The number of rotatable bonds is 7. The summed E-state index contributed by atoms with van der Waals surface area (Å²) in [7, 11) is 0. The van der Waals surface area contributed by atoms with E-state index in [1.165, 1.54) is 38.5 Å². The lowest BCUT2D eigenvalue weighted by Crippen LogP contribution is -2.34. The van der Waals surface area contributed by atoms with Gasteiger partial charge >= 0.3 is 0 Å². The summed E-state index contributed by atoms with van der Waals surface area (Å²) < 4.78 is 0. The third-order valence-corrected chi connectivity index (χ3v) is 3.58. The molecule has 1 saturated carbocycles. The molecule has 3 heteroatoms. The molecule has 0 unspecified atom stereocenters. The maximum atomic E-state index is 11.3. The summed E-state index contributed by atoms with van der Waals surface area (Å²) in [5, 5.41) is 6.33. The van der Waals surface area contributed by atoms with Crippen LogP contribution in [0.1, 0.15) is 52.4 Å². The smallest absolute Gasteiger partial charge is 0.222 e. The van der Waals surface area contributed by atoms with E-state index in [0.29, 0.717) is 0 Å². The van der Waals surface area contributed by atoms with Crippen molar-refractivity contribution in [3.05, 3.63) is 0 Å². The van der Waals surface area contributed by atoms with Crippen molar-refractivity contribution in [2.24, 2.45) is 11.8 Å². The number of carbonyl (C=O) groups is 1. The molecule has 1 aliphatic rings. The van der Waals surface area contributed by atoms with E-state index in [2.05, 4.69) is 10.6 Å². The van der Waals surface area contributed by atoms with Crippen molar-refractivity contribution in [2.75, 3.05) is 19.6 Å². The summed E-state index contributed by atoms with van der Waals surface area (Å²) >= 11 is 0. The van der Waals surface area contributed by atoms with Gasteiger partial charge in [-0.2, -0.15) is 0 Å². The van der Waals surface area contributed by atoms with Gasteiger partial charge in [0.2, 0.25) is 5.91 Å². The first-order valence-corrected chi connectivity index (χ1v) is 7.18. The highest BCUT2D eigenvalue weighted by Crippen LogP contribution is 2.25. The third kappa shape index (κ3) is 6.67. The molecule has 0 spiro atoms. The van der Waals surface area contributed by atoms with E-state index >= 15 is 0 Å². The van der Waals surface area contributed by atoms with Crippen LogP contribution in [0.4, 0.5) is 0 Å². The van der Waals surface area contributed by atoms with Gasteiger partial charge in [0.05, 0.1) is 0 Å². The van der Waals surface area contributed by atoms with Crippen molar-refractivity contribution < 1.29 is 4.79 Å². The Kier molecular flexibility index (Phi) is 7.25. The van der Waals surface area contributed by atoms with E-state index in [1.807, 2.05) is 13.8 Å². The van der Waals surface area contributed by atoms with Gasteiger partial charge in [-0.25, -0.2) is 0 Å². The van der Waals surface area contributed by atoms with E-state index in [0.717, 1.165) is 25.6 Å². The summed E-state index contributed by atoms with van der Waals surface area (Å²) in [6.45, 7) is 6.59. The molecule has 1 amide bonds. The fraction of sp³-hybridized carbons (Fsp3) is 0.929. The standard InChI is InChI=1S/C14H28N2O/c1-12(2)14(17)16-11-10-15-9-8-13-6-4-3-5-7-13/h12-13,15H,3-11H2,1-2H3,(H,16,17). The predicted octanol–water partition coefficient (Wildman–Crippen LogP) is 2.32. The van der Waals surface area contributed by atoms with Crippen LogP contribution in [0.3, 0.4) is 0 Å². The third-order valence-electron chi connectivity index (χ3n) is 3.58. The van der Waals surface area contributed by atoms with Gasteiger partial charge in [-0.1, -0.05) is 46.0 Å². The molecule has 0 radical (unpaired) electrons. The van der Waals surface area contributed by atoms with Crippen LogP contribution in [0.15, 0.2) is 0 Å². The molecule has 0 aromatic rings. The molecule has 1 fully saturated rings. The molecule has 1 rings (SSSR count). The first kappa shape index (κ1) is 14.5. The van der Waals surface area contributed by atoms with Gasteiger partial charge in [0.1, 0.15) is 0 Å². The number of hydrogen-bond acceptors (Lipinski definition) is 2. The average Bonchev–Trinajstić information content (AvgIpc) is 2.34. The van der Waals surface area contributed by atoms with Gasteiger partial charge in [-0.05, 0) is 18.9 Å². The predicted molar refractivity (Wildman–Crippen MR) is 71.9 cm³/mol. The second kappa shape index (κ2) is 8.51. The van der Waals surface area contributed by atoms with Crippen molar-refractivity contribution in [2.45, 2.75) is 52.4 Å². The van der Waals surface area contributed by atoms with Crippen LogP contribution in [-0.4, -0.2) is 25.5 Å². The van der Waals surface area contributed by atoms with E-state index in [1.54, 1.807) is 0 Å². The van der Waals surface area contributed by atoms with Crippen LogP contribution < -0.4 is 10.6 Å². The molecule has 0 atom stereocenters. The SMILES string of the molecule is CC(C)C(=O)NCCNCCC1CCCCC1. The maximum Gasteiger partial charge on any atom is 0.222 e. The zero-order chi connectivity index (χ0) is 12.5. The first-order valence-electron chi connectivity index (χ1n) is 7.18. The summed E-state index contributed by atoms with van der Waals surface area (Å²) in [5.41, 5.74) is 0. The van der Waals surface area contributed by atoms with Crippen LogP contribution in [0, 0.1) is 11.8 Å². The van der Waals surface area contributed by atoms with Gasteiger partial charge in [-0.3, -0.25) is 4.79 Å². The summed E-state index contributed by atoms with van der Waals surface area (Å²) in [6, 6.07) is 0. The van der Waals surface area contributed by atoms with E-state index in [4.69, 9.17) is 0 Å². The van der Waals surface area contributed by atoms with Gasteiger partial charge in [0.25, 0.3) is 0 Å². The Labute approximate surface area is 106 Å². The number of amides is 1. The highest BCUT2D eigenvalue weighted by Gasteiger charge is 2.12. The van der Waals surface area contributed by atoms with Crippen LogP contribution in [-0.2, 0) is 4.79 Å². The normalized spacial score (nSPS) is 17.4. The minimum Gasteiger partial charge on any atom is -0.355 e. The molecule has 17 heavy (non-hydrogen) atoms. The highest BCUT2D eigenvalue weighted by molar-refractivity contribution is 5.77. The molecule has 0 aliphatic heterocycles. The molecule has 0 aromatic carbocycles. The molecule has 2 N–H and O–H groups in total. The molecule has 3 nitrogen and oxygen atoms in total. The Morgan fingerprint density at radius 3 is 2.47 bits per heavy atom. The first-order chi connectivity index (χ1) is 8.20. The molecular weight excluding hydrogens is 212 g/mol. The Morgan fingerprint density at radius 2 is 1.82 bits per heavy atom. The van der Waals surface area contributed by atoms with Gasteiger partial charge in [0.15, 0.2) is 0 Å². The van der Waals surface area contributed by atoms with Gasteiger partial charge in [-0.15, -0.1) is 0 Å². The maximum absolute atomic E-state index is 11.3. The monoisotopic (exact) mass is 240 g/mol. The van der Waals surface area contributed by atoms with Crippen molar-refractivity contribution >= 4 is 5.91 Å². The fourth-order valence-corrected chi connectivity index (χ4v) is 2.39. The second-order valence-corrected chi connectivity index (χ2v) is 5.49. The van der Waals surface area contributed by atoms with Crippen molar-refractivity contribution in [3.8, 4) is 0 Å². The van der Waals surface area contributed by atoms with Gasteiger partial charge in [0, 0.05) is 19.0 Å². The van der Waals surface area contributed by atoms with E-state index in [9.17, 15) is 4.79 Å². The Balaban J connectivity index is 1.88. The second-order valence-electron chi connectivity index (χ2n) is 5.49. The van der Waals surface area contributed by atoms with Crippen molar-refractivity contribution in [1.82, 2.24) is 10.6 Å². The molecular formula is C14H28N2O. The Morgan fingerprint density at radius 1 is 1.12 bits per heavy atom. The minimum atomic E-state index is 0.0947. The molecule has 100 valence electrons. The molecule has 0 saturated heterocycles. The zero-order valence-corrected chi connectivity index (χ0v) is 11.4. The Bertz CT molecular complexity index is 210.